The first kappa shape index (κ1) is 24.4. The van der Waals surface area contributed by atoms with E-state index in [9.17, 15) is 9.90 Å². The number of fused-ring (bicyclic) bond motifs is 3. The molecular weight excluding hydrogens is 428 g/mol. The number of carbonyl (C=O) groups is 1. The van der Waals surface area contributed by atoms with Gasteiger partial charge in [0.2, 0.25) is 11.5 Å². The van der Waals surface area contributed by atoms with Crippen LogP contribution in [0.4, 0.5) is 0 Å². The van der Waals surface area contributed by atoms with E-state index in [1.807, 2.05) is 13.0 Å². The van der Waals surface area contributed by atoms with Crippen LogP contribution in [-0.2, 0) is 16.0 Å². The van der Waals surface area contributed by atoms with Gasteiger partial charge in [0, 0.05) is 29.5 Å². The van der Waals surface area contributed by atoms with Gasteiger partial charge >= 0.3 is 5.97 Å². The van der Waals surface area contributed by atoms with Gasteiger partial charge in [-0.2, -0.15) is 0 Å². The number of methoxy groups -OCH3 is 5. The van der Waals surface area contributed by atoms with Crippen LogP contribution in [0.1, 0.15) is 38.0 Å². The van der Waals surface area contributed by atoms with Gasteiger partial charge in [-0.15, -0.1) is 0 Å². The lowest BCUT2D eigenvalue weighted by molar-refractivity contribution is -0.150. The standard InChI is InChI=1S/C25H32O8/c1-12-9-15-10-17(28-4)23(30-6)21(27)19(15)20-16(22(13(12)2)33-14(3)26)11-18(29-5)24(31-7)25(20)32-8/h10-13,22,27H,9H2,1-8H3/t12-,13-,22+/m1/s1. The number of aromatic hydroxyl groups is 1. The fourth-order valence-electron chi connectivity index (χ4n) is 4.59. The number of benzene rings is 2. The number of carbonyl (C=O) groups excluding carboxylic acids is 1. The quantitative estimate of drug-likeness (QED) is 0.629. The number of esters is 1. The molecule has 0 aliphatic heterocycles. The monoisotopic (exact) mass is 460 g/mol. The molecule has 0 spiro atoms. The van der Waals surface area contributed by atoms with E-state index in [2.05, 4.69) is 6.92 Å². The summed E-state index contributed by atoms with van der Waals surface area (Å²) in [6.45, 7) is 5.51. The molecule has 1 aliphatic rings. The first-order chi connectivity index (χ1) is 15.7. The Morgan fingerprint density at radius 1 is 0.848 bits per heavy atom. The van der Waals surface area contributed by atoms with Crippen LogP contribution in [0.15, 0.2) is 12.1 Å². The van der Waals surface area contributed by atoms with Crippen molar-refractivity contribution in [3.8, 4) is 45.6 Å². The van der Waals surface area contributed by atoms with Crippen LogP contribution in [-0.4, -0.2) is 46.6 Å². The summed E-state index contributed by atoms with van der Waals surface area (Å²) in [5.74, 6) is 1.30. The van der Waals surface area contributed by atoms with Gasteiger partial charge in [0.05, 0.1) is 35.5 Å². The molecule has 0 fully saturated rings. The minimum Gasteiger partial charge on any atom is -0.504 e. The Morgan fingerprint density at radius 3 is 1.94 bits per heavy atom. The van der Waals surface area contributed by atoms with Crippen molar-refractivity contribution in [1.82, 2.24) is 0 Å². The highest BCUT2D eigenvalue weighted by molar-refractivity contribution is 5.88. The van der Waals surface area contributed by atoms with Gasteiger partial charge < -0.3 is 33.5 Å². The molecule has 0 unspecified atom stereocenters. The number of hydrogen-bond donors (Lipinski definition) is 1. The van der Waals surface area contributed by atoms with Crippen LogP contribution < -0.4 is 23.7 Å². The zero-order chi connectivity index (χ0) is 24.4. The average Bonchev–Trinajstić information content (AvgIpc) is 2.79. The normalized spacial score (nSPS) is 19.3. The summed E-state index contributed by atoms with van der Waals surface area (Å²) >= 11 is 0. The molecule has 2 aromatic rings. The van der Waals surface area contributed by atoms with Gasteiger partial charge in [0.1, 0.15) is 6.10 Å². The molecule has 0 aromatic heterocycles. The number of ether oxygens (including phenoxy) is 6. The van der Waals surface area contributed by atoms with Gasteiger partial charge in [-0.05, 0) is 30.0 Å². The van der Waals surface area contributed by atoms with Crippen molar-refractivity contribution in [2.24, 2.45) is 11.8 Å². The third-order valence-corrected chi connectivity index (χ3v) is 6.35. The van der Waals surface area contributed by atoms with Crippen LogP contribution in [0.3, 0.4) is 0 Å². The van der Waals surface area contributed by atoms with Crippen molar-refractivity contribution in [3.05, 3.63) is 23.3 Å². The first-order valence-corrected chi connectivity index (χ1v) is 10.7. The Kier molecular flexibility index (Phi) is 7.15. The second-order valence-corrected chi connectivity index (χ2v) is 8.17. The van der Waals surface area contributed by atoms with Crippen LogP contribution in [0.25, 0.3) is 11.1 Å². The largest absolute Gasteiger partial charge is 0.504 e. The topological polar surface area (TPSA) is 92.7 Å². The third kappa shape index (κ3) is 4.10. The highest BCUT2D eigenvalue weighted by Gasteiger charge is 2.38. The summed E-state index contributed by atoms with van der Waals surface area (Å²) in [5.41, 5.74) is 2.55. The first-order valence-electron chi connectivity index (χ1n) is 10.7. The van der Waals surface area contributed by atoms with Crippen LogP contribution in [0.2, 0.25) is 0 Å². The highest BCUT2D eigenvalue weighted by Crippen LogP contribution is 2.57. The molecule has 0 bridgehead atoms. The summed E-state index contributed by atoms with van der Waals surface area (Å²) in [6, 6.07) is 3.64. The van der Waals surface area contributed by atoms with E-state index in [0.29, 0.717) is 46.1 Å². The molecule has 0 heterocycles. The third-order valence-electron chi connectivity index (χ3n) is 6.35. The minimum absolute atomic E-state index is 0.0566. The van der Waals surface area contributed by atoms with Crippen molar-refractivity contribution in [1.29, 1.82) is 0 Å². The molecule has 0 saturated carbocycles. The summed E-state index contributed by atoms with van der Waals surface area (Å²) in [7, 11) is 7.54. The van der Waals surface area contributed by atoms with Crippen molar-refractivity contribution in [3.63, 3.8) is 0 Å². The van der Waals surface area contributed by atoms with Gasteiger partial charge in [-0.3, -0.25) is 4.79 Å². The Morgan fingerprint density at radius 2 is 1.42 bits per heavy atom. The second-order valence-electron chi connectivity index (χ2n) is 8.17. The minimum atomic E-state index is -0.609. The van der Waals surface area contributed by atoms with Gasteiger partial charge in [0.25, 0.3) is 0 Å². The molecule has 2 aromatic carbocycles. The van der Waals surface area contributed by atoms with E-state index in [0.717, 1.165) is 5.56 Å². The fraction of sp³-hybridized carbons (Fsp3) is 0.480. The predicted molar refractivity (Wildman–Crippen MR) is 123 cm³/mol. The molecule has 1 N–H and O–H groups in total. The molecule has 0 amide bonds. The molecule has 8 heteroatoms. The van der Waals surface area contributed by atoms with Gasteiger partial charge in [0.15, 0.2) is 23.0 Å². The Labute approximate surface area is 194 Å². The summed E-state index contributed by atoms with van der Waals surface area (Å²) in [4.78, 5) is 12.1. The smallest absolute Gasteiger partial charge is 0.303 e. The SMILES string of the molecule is COc1cc2c(c(O)c1OC)-c1c(cc(OC)c(OC)c1OC)[C@@H](OC(C)=O)[C@H](C)[C@H](C)C2. The van der Waals surface area contributed by atoms with Crippen LogP contribution in [0, 0.1) is 11.8 Å². The van der Waals surface area contributed by atoms with E-state index in [4.69, 9.17) is 28.4 Å². The number of phenolic OH excluding ortho intramolecular Hbond substituents is 1. The number of phenols is 1. The molecule has 0 radical (unpaired) electrons. The zero-order valence-corrected chi connectivity index (χ0v) is 20.4. The molecule has 3 atom stereocenters. The Balaban J connectivity index is 2.55. The zero-order valence-electron chi connectivity index (χ0n) is 20.4. The molecule has 33 heavy (non-hydrogen) atoms. The van der Waals surface area contributed by atoms with Gasteiger partial charge in [-0.25, -0.2) is 0 Å². The van der Waals surface area contributed by atoms with Gasteiger partial charge in [-0.1, -0.05) is 13.8 Å². The van der Waals surface area contributed by atoms with Crippen molar-refractivity contribution >= 4 is 5.97 Å². The molecular formula is C25H32O8. The number of hydrogen-bond acceptors (Lipinski definition) is 8. The summed E-state index contributed by atoms with van der Waals surface area (Å²) in [6.07, 6.45) is -0.0130. The van der Waals surface area contributed by atoms with E-state index in [-0.39, 0.29) is 23.3 Å². The number of rotatable bonds is 6. The van der Waals surface area contributed by atoms with Crippen LogP contribution in [0.5, 0.6) is 34.5 Å². The fourth-order valence-corrected chi connectivity index (χ4v) is 4.59. The van der Waals surface area contributed by atoms with E-state index in [1.54, 1.807) is 6.07 Å². The lowest BCUT2D eigenvalue weighted by Gasteiger charge is -2.35. The Hall–Kier alpha value is -3.29. The maximum Gasteiger partial charge on any atom is 0.303 e. The van der Waals surface area contributed by atoms with Crippen molar-refractivity contribution in [2.45, 2.75) is 33.3 Å². The molecule has 0 saturated heterocycles. The predicted octanol–water partition coefficient (Wildman–Crippen LogP) is 4.53. The highest BCUT2D eigenvalue weighted by atomic mass is 16.5. The average molecular weight is 461 g/mol. The Bertz CT molecular complexity index is 1050. The molecule has 3 rings (SSSR count). The lowest BCUT2D eigenvalue weighted by atomic mass is 9.76. The summed E-state index contributed by atoms with van der Waals surface area (Å²) in [5, 5.41) is 11.4. The van der Waals surface area contributed by atoms with E-state index < -0.39 is 12.1 Å². The molecule has 8 nitrogen and oxygen atoms in total. The molecule has 1 aliphatic carbocycles. The summed E-state index contributed by atoms with van der Waals surface area (Å²) < 4.78 is 33.8. The van der Waals surface area contributed by atoms with E-state index >= 15 is 0 Å². The van der Waals surface area contributed by atoms with E-state index in [1.165, 1.54) is 42.5 Å². The molecule has 180 valence electrons. The maximum absolute atomic E-state index is 12.1. The maximum atomic E-state index is 12.1. The van der Waals surface area contributed by atoms with Crippen molar-refractivity contribution in [2.75, 3.05) is 35.5 Å². The second kappa shape index (κ2) is 9.68. The van der Waals surface area contributed by atoms with Crippen molar-refractivity contribution < 1.29 is 38.3 Å². The lowest BCUT2D eigenvalue weighted by Crippen LogP contribution is -2.26. The van der Waals surface area contributed by atoms with Crippen LogP contribution >= 0.6 is 0 Å².